The Kier molecular flexibility index (Phi) is 1.82. The van der Waals surface area contributed by atoms with Crippen molar-refractivity contribution in [1.82, 2.24) is 0 Å². The van der Waals surface area contributed by atoms with Gasteiger partial charge in [0.05, 0.1) is 5.41 Å². The molecule has 1 rings (SSSR count). The van der Waals surface area contributed by atoms with E-state index >= 15 is 0 Å². The van der Waals surface area contributed by atoms with Gasteiger partial charge in [-0.25, -0.2) is 0 Å². The van der Waals surface area contributed by atoms with E-state index in [9.17, 15) is 9.90 Å². The lowest BCUT2D eigenvalue weighted by Crippen LogP contribution is -2.20. The quantitative estimate of drug-likeness (QED) is 0.409. The zero-order chi connectivity index (χ0) is 8.70. The first kappa shape index (κ1) is 8.70. The highest BCUT2D eigenvalue weighted by atomic mass is 35.5. The number of hydrogen-bond donors (Lipinski definition) is 0. The minimum absolute atomic E-state index is 0.503. The second kappa shape index (κ2) is 2.30. The minimum atomic E-state index is -1.40. The van der Waals surface area contributed by atoms with Gasteiger partial charge in [0.2, 0.25) is 0 Å². The zero-order valence-electron chi connectivity index (χ0n) is 5.78. The molecule has 1 aliphatic carbocycles. The molecule has 0 heterocycles. The number of hydrogen-bond acceptors (Lipinski definition) is 2. The van der Waals surface area contributed by atoms with E-state index in [0.29, 0.717) is 6.42 Å². The first-order valence-corrected chi connectivity index (χ1v) is 3.75. The predicted octanol–water partition coefficient (Wildman–Crippen LogP) is 0.324. The molecule has 60 valence electrons. The fourth-order valence-corrected chi connectivity index (χ4v) is 1.35. The molecular weight excluding hydrogens is 187 g/mol. The highest BCUT2D eigenvalue weighted by molar-refractivity contribution is 6.51. The van der Waals surface area contributed by atoms with Gasteiger partial charge in [0.25, 0.3) is 0 Å². The lowest BCUT2D eigenvalue weighted by atomic mass is 10.1. The van der Waals surface area contributed by atoms with Crippen LogP contribution in [0.1, 0.15) is 13.3 Å². The van der Waals surface area contributed by atoms with Crippen molar-refractivity contribution in [2.24, 2.45) is 5.41 Å². The van der Waals surface area contributed by atoms with Gasteiger partial charge in [-0.2, -0.15) is 0 Å². The van der Waals surface area contributed by atoms with Crippen molar-refractivity contribution in [2.75, 3.05) is 0 Å². The summed E-state index contributed by atoms with van der Waals surface area (Å²) in [5.41, 5.74) is -0.573. The third-order valence-corrected chi connectivity index (χ3v) is 2.80. The minimum Gasteiger partial charge on any atom is -0.537 e. The average molecular weight is 192 g/mol. The van der Waals surface area contributed by atoms with Crippen molar-refractivity contribution in [3.63, 3.8) is 0 Å². The number of carboxylic acid groups (broad SMARTS) is 1. The maximum absolute atomic E-state index is 9.91. The number of carbonyl (C=O) groups excluding carboxylic acids is 1. The van der Waals surface area contributed by atoms with E-state index in [1.165, 1.54) is 0 Å². The van der Waals surface area contributed by atoms with E-state index in [-0.39, 0.29) is 0 Å². The summed E-state index contributed by atoms with van der Waals surface area (Å²) in [6, 6.07) is 0. The van der Waals surface area contributed by atoms with Gasteiger partial charge in [-0.3, -0.25) is 0 Å². The van der Waals surface area contributed by atoms with Crippen molar-refractivity contribution in [1.29, 1.82) is 0 Å². The van der Waals surface area contributed by atoms with Crippen LogP contribution in [0.5, 0.6) is 0 Å². The Morgan fingerprint density at radius 3 is 2.36 bits per heavy atom. The van der Waals surface area contributed by atoms with Crippen molar-refractivity contribution < 1.29 is 9.90 Å². The van der Waals surface area contributed by atoms with Crippen LogP contribution >= 0.6 is 23.2 Å². The van der Waals surface area contributed by atoms with Gasteiger partial charge in [0, 0.05) is 6.42 Å². The standard InChI is InChI=1S/C7H6Cl2O2/c1-6(3-2-5(10)11)4-7(6,8)9/h4H2,1H3,(H,10,11)/p-1/t6-/m1/s1. The van der Waals surface area contributed by atoms with Crippen molar-refractivity contribution >= 4 is 29.2 Å². The largest absolute Gasteiger partial charge is 0.537 e. The normalized spacial score (nSPS) is 31.9. The molecule has 0 saturated heterocycles. The third kappa shape index (κ3) is 1.61. The summed E-state index contributed by atoms with van der Waals surface area (Å²) >= 11 is 11.4. The molecule has 0 spiro atoms. The van der Waals surface area contributed by atoms with E-state index in [1.807, 2.05) is 5.92 Å². The maximum Gasteiger partial charge on any atom is 0.136 e. The van der Waals surface area contributed by atoms with Gasteiger partial charge >= 0.3 is 0 Å². The number of carboxylic acids is 1. The fraction of sp³-hybridized carbons (Fsp3) is 0.571. The Labute approximate surface area is 74.5 Å². The van der Waals surface area contributed by atoms with E-state index in [1.54, 1.807) is 6.92 Å². The van der Waals surface area contributed by atoms with Crippen LogP contribution in [-0.4, -0.2) is 10.3 Å². The van der Waals surface area contributed by atoms with Crippen molar-refractivity contribution in [2.45, 2.75) is 17.7 Å². The van der Waals surface area contributed by atoms with Crippen LogP contribution in [0.15, 0.2) is 0 Å². The second-order valence-corrected chi connectivity index (χ2v) is 4.23. The molecule has 2 nitrogen and oxygen atoms in total. The van der Waals surface area contributed by atoms with Crippen molar-refractivity contribution in [3.8, 4) is 11.8 Å². The highest BCUT2D eigenvalue weighted by Gasteiger charge is 2.62. The molecule has 0 radical (unpaired) electrons. The van der Waals surface area contributed by atoms with Gasteiger partial charge < -0.3 is 9.90 Å². The SMILES string of the molecule is C[C@@]1(C#CC(=O)[O-])CC1(Cl)Cl. The number of aliphatic carboxylic acids is 1. The summed E-state index contributed by atoms with van der Waals surface area (Å²) in [5, 5.41) is 9.91. The summed E-state index contributed by atoms with van der Waals surface area (Å²) in [7, 11) is 0. The van der Waals surface area contributed by atoms with Crippen LogP contribution in [0.25, 0.3) is 0 Å². The molecule has 0 aromatic carbocycles. The van der Waals surface area contributed by atoms with Gasteiger partial charge in [-0.05, 0) is 12.8 Å². The maximum atomic E-state index is 9.91. The smallest absolute Gasteiger partial charge is 0.136 e. The Balaban J connectivity index is 2.69. The average Bonchev–Trinajstić information content (AvgIpc) is 2.29. The summed E-state index contributed by atoms with van der Waals surface area (Å²) in [6.45, 7) is 1.71. The molecule has 0 N–H and O–H groups in total. The molecule has 11 heavy (non-hydrogen) atoms. The molecule has 1 atom stereocenters. The number of rotatable bonds is 0. The Bertz CT molecular complexity index is 261. The Morgan fingerprint density at radius 2 is 2.09 bits per heavy atom. The van der Waals surface area contributed by atoms with Gasteiger partial charge in [-0.15, -0.1) is 0 Å². The Morgan fingerprint density at radius 1 is 1.64 bits per heavy atom. The molecule has 0 bridgehead atoms. The van der Waals surface area contributed by atoms with E-state index in [0.717, 1.165) is 0 Å². The molecule has 0 aliphatic heterocycles. The topological polar surface area (TPSA) is 40.1 Å². The van der Waals surface area contributed by atoms with Crippen molar-refractivity contribution in [3.05, 3.63) is 0 Å². The first-order valence-electron chi connectivity index (χ1n) is 2.99. The summed E-state index contributed by atoms with van der Waals surface area (Å²) in [4.78, 5) is 9.91. The first-order chi connectivity index (χ1) is 4.87. The number of alkyl halides is 2. The van der Waals surface area contributed by atoms with Crippen LogP contribution in [-0.2, 0) is 4.79 Å². The molecule has 1 saturated carbocycles. The highest BCUT2D eigenvalue weighted by Crippen LogP contribution is 2.63. The number of halogens is 2. The lowest BCUT2D eigenvalue weighted by Gasteiger charge is -2.00. The zero-order valence-corrected chi connectivity index (χ0v) is 7.29. The molecule has 1 fully saturated rings. The third-order valence-electron chi connectivity index (χ3n) is 1.70. The van der Waals surface area contributed by atoms with E-state index < -0.39 is 15.7 Å². The predicted molar refractivity (Wildman–Crippen MR) is 39.9 cm³/mol. The molecule has 4 heteroatoms. The fourth-order valence-electron chi connectivity index (χ4n) is 0.724. The van der Waals surface area contributed by atoms with Crippen LogP contribution in [0.2, 0.25) is 0 Å². The molecule has 0 aromatic rings. The van der Waals surface area contributed by atoms with Gasteiger partial charge in [0.1, 0.15) is 10.3 Å². The van der Waals surface area contributed by atoms with Crippen LogP contribution in [0.4, 0.5) is 0 Å². The van der Waals surface area contributed by atoms with Crippen LogP contribution in [0.3, 0.4) is 0 Å². The monoisotopic (exact) mass is 191 g/mol. The molecule has 1 aliphatic rings. The van der Waals surface area contributed by atoms with Crippen LogP contribution < -0.4 is 5.11 Å². The summed E-state index contributed by atoms with van der Waals surface area (Å²) < 4.78 is -0.880. The molecule has 0 amide bonds. The molecule has 0 unspecified atom stereocenters. The summed E-state index contributed by atoms with van der Waals surface area (Å²) in [5.74, 6) is 2.94. The second-order valence-electron chi connectivity index (χ2n) is 2.75. The van der Waals surface area contributed by atoms with Gasteiger partial charge in [-0.1, -0.05) is 29.1 Å². The van der Waals surface area contributed by atoms with Gasteiger partial charge in [0.15, 0.2) is 0 Å². The van der Waals surface area contributed by atoms with Crippen LogP contribution in [0, 0.1) is 17.3 Å². The van der Waals surface area contributed by atoms with E-state index in [2.05, 4.69) is 5.92 Å². The lowest BCUT2D eigenvalue weighted by molar-refractivity contribution is -0.295. The molecule has 0 aromatic heterocycles. The Hall–Kier alpha value is -0.390. The molecular formula is C7H5Cl2O2-. The number of carbonyl (C=O) groups is 1. The van der Waals surface area contributed by atoms with E-state index in [4.69, 9.17) is 23.2 Å². The summed E-state index contributed by atoms with van der Waals surface area (Å²) in [6.07, 6.45) is 0.503.